The fourth-order valence-electron chi connectivity index (χ4n) is 1.76. The van der Waals surface area contributed by atoms with Crippen molar-refractivity contribution in [3.63, 3.8) is 0 Å². The van der Waals surface area contributed by atoms with Crippen LogP contribution >= 0.6 is 0 Å². The highest BCUT2D eigenvalue weighted by molar-refractivity contribution is 5.72. The SMILES string of the molecule is CC.CCOC(=O)C1CCC(C)CC1. The van der Waals surface area contributed by atoms with Crippen molar-refractivity contribution in [1.29, 1.82) is 0 Å². The number of hydrogen-bond acceptors (Lipinski definition) is 2. The second-order valence-corrected chi connectivity index (χ2v) is 3.71. The highest BCUT2D eigenvalue weighted by Crippen LogP contribution is 2.28. The Labute approximate surface area is 88.0 Å². The molecule has 0 saturated heterocycles. The zero-order chi connectivity index (χ0) is 11.0. The molecular weight excluding hydrogens is 176 g/mol. The van der Waals surface area contributed by atoms with E-state index in [9.17, 15) is 4.79 Å². The number of rotatable bonds is 2. The van der Waals surface area contributed by atoms with E-state index >= 15 is 0 Å². The van der Waals surface area contributed by atoms with Crippen LogP contribution in [0.3, 0.4) is 0 Å². The molecule has 0 spiro atoms. The number of esters is 1. The first-order valence-electron chi connectivity index (χ1n) is 5.90. The standard InChI is InChI=1S/C10H18O2.C2H6/c1-3-12-10(11)9-6-4-8(2)5-7-9;1-2/h8-9H,3-7H2,1-2H3;1-2H3. The van der Waals surface area contributed by atoms with E-state index in [1.54, 1.807) is 0 Å². The Morgan fingerprint density at radius 1 is 1.21 bits per heavy atom. The van der Waals surface area contributed by atoms with Gasteiger partial charge in [0.15, 0.2) is 0 Å². The molecule has 0 amide bonds. The summed E-state index contributed by atoms with van der Waals surface area (Å²) in [5.41, 5.74) is 0. The zero-order valence-corrected chi connectivity index (χ0v) is 10.0. The molecule has 0 N–H and O–H groups in total. The van der Waals surface area contributed by atoms with Gasteiger partial charge >= 0.3 is 5.97 Å². The van der Waals surface area contributed by atoms with Crippen molar-refractivity contribution in [2.45, 2.75) is 53.4 Å². The average molecular weight is 200 g/mol. The number of hydrogen-bond donors (Lipinski definition) is 0. The average Bonchev–Trinajstić information content (AvgIpc) is 2.22. The summed E-state index contributed by atoms with van der Waals surface area (Å²) in [5.74, 6) is 1.02. The summed E-state index contributed by atoms with van der Waals surface area (Å²) in [6, 6.07) is 0. The van der Waals surface area contributed by atoms with Gasteiger partial charge in [0.05, 0.1) is 12.5 Å². The van der Waals surface area contributed by atoms with Gasteiger partial charge in [-0.1, -0.05) is 20.8 Å². The van der Waals surface area contributed by atoms with E-state index in [1.807, 2.05) is 20.8 Å². The van der Waals surface area contributed by atoms with E-state index in [-0.39, 0.29) is 11.9 Å². The Bertz CT molecular complexity index is 146. The normalized spacial score (nSPS) is 26.0. The Morgan fingerprint density at radius 3 is 2.14 bits per heavy atom. The molecule has 0 aromatic rings. The second kappa shape index (κ2) is 7.84. The van der Waals surface area contributed by atoms with Crippen molar-refractivity contribution in [2.75, 3.05) is 6.61 Å². The first-order chi connectivity index (χ1) is 6.74. The first kappa shape index (κ1) is 13.5. The van der Waals surface area contributed by atoms with Crippen molar-refractivity contribution < 1.29 is 9.53 Å². The lowest BCUT2D eigenvalue weighted by molar-refractivity contribution is -0.149. The Hall–Kier alpha value is -0.530. The third kappa shape index (κ3) is 4.64. The van der Waals surface area contributed by atoms with Gasteiger partial charge in [-0.25, -0.2) is 0 Å². The maximum atomic E-state index is 11.3. The summed E-state index contributed by atoms with van der Waals surface area (Å²) in [5, 5.41) is 0. The van der Waals surface area contributed by atoms with Crippen LogP contribution in [0.5, 0.6) is 0 Å². The molecule has 0 radical (unpaired) electrons. The highest BCUT2D eigenvalue weighted by Gasteiger charge is 2.24. The summed E-state index contributed by atoms with van der Waals surface area (Å²) in [6.45, 7) is 8.63. The summed E-state index contributed by atoms with van der Waals surface area (Å²) in [6.07, 6.45) is 4.42. The van der Waals surface area contributed by atoms with Crippen LogP contribution in [0.2, 0.25) is 0 Å². The van der Waals surface area contributed by atoms with E-state index < -0.39 is 0 Å². The van der Waals surface area contributed by atoms with E-state index in [2.05, 4.69) is 6.92 Å². The van der Waals surface area contributed by atoms with Gasteiger partial charge in [0.25, 0.3) is 0 Å². The lowest BCUT2D eigenvalue weighted by atomic mass is 9.83. The molecule has 0 bridgehead atoms. The minimum absolute atomic E-state index is 0.0180. The molecule has 0 aliphatic heterocycles. The van der Waals surface area contributed by atoms with Crippen molar-refractivity contribution in [3.8, 4) is 0 Å². The maximum Gasteiger partial charge on any atom is 0.308 e. The van der Waals surface area contributed by atoms with Gasteiger partial charge in [-0.3, -0.25) is 4.79 Å². The van der Waals surface area contributed by atoms with E-state index in [4.69, 9.17) is 4.74 Å². The predicted molar refractivity (Wildman–Crippen MR) is 59.1 cm³/mol. The minimum Gasteiger partial charge on any atom is -0.466 e. The molecule has 84 valence electrons. The van der Waals surface area contributed by atoms with Crippen molar-refractivity contribution in [3.05, 3.63) is 0 Å². The molecule has 1 fully saturated rings. The molecule has 2 heteroatoms. The van der Waals surface area contributed by atoms with Gasteiger partial charge < -0.3 is 4.74 Å². The van der Waals surface area contributed by atoms with Gasteiger partial charge in [-0.15, -0.1) is 0 Å². The van der Waals surface area contributed by atoms with Crippen LogP contribution in [-0.2, 0) is 9.53 Å². The van der Waals surface area contributed by atoms with Crippen molar-refractivity contribution >= 4 is 5.97 Å². The smallest absolute Gasteiger partial charge is 0.308 e. The summed E-state index contributed by atoms with van der Waals surface area (Å²) >= 11 is 0. The molecular formula is C12H24O2. The van der Waals surface area contributed by atoms with Crippen LogP contribution in [0, 0.1) is 11.8 Å². The quantitative estimate of drug-likeness (QED) is 0.639. The number of carbonyl (C=O) groups excluding carboxylic acids is 1. The molecule has 1 aliphatic carbocycles. The molecule has 2 nitrogen and oxygen atoms in total. The van der Waals surface area contributed by atoms with Crippen LogP contribution in [0.25, 0.3) is 0 Å². The Kier molecular flexibility index (Phi) is 7.54. The van der Waals surface area contributed by atoms with Crippen molar-refractivity contribution in [2.24, 2.45) is 11.8 Å². The van der Waals surface area contributed by atoms with Gasteiger partial charge in [-0.2, -0.15) is 0 Å². The van der Waals surface area contributed by atoms with Gasteiger partial charge in [0, 0.05) is 0 Å². The number of ether oxygens (including phenoxy) is 1. The second-order valence-electron chi connectivity index (χ2n) is 3.71. The fourth-order valence-corrected chi connectivity index (χ4v) is 1.76. The predicted octanol–water partition coefficient (Wildman–Crippen LogP) is 3.40. The van der Waals surface area contributed by atoms with E-state index in [1.165, 1.54) is 12.8 Å². The molecule has 0 heterocycles. The molecule has 0 aromatic heterocycles. The third-order valence-corrected chi connectivity index (χ3v) is 2.64. The van der Waals surface area contributed by atoms with Crippen LogP contribution in [0.4, 0.5) is 0 Å². The molecule has 1 rings (SSSR count). The molecule has 14 heavy (non-hydrogen) atoms. The van der Waals surface area contributed by atoms with Crippen molar-refractivity contribution in [1.82, 2.24) is 0 Å². The zero-order valence-electron chi connectivity index (χ0n) is 10.0. The molecule has 1 saturated carbocycles. The van der Waals surface area contributed by atoms with Crippen LogP contribution in [0.1, 0.15) is 53.4 Å². The van der Waals surface area contributed by atoms with Gasteiger partial charge in [0.1, 0.15) is 0 Å². The fraction of sp³-hybridized carbons (Fsp3) is 0.917. The topological polar surface area (TPSA) is 26.3 Å². The van der Waals surface area contributed by atoms with E-state index in [0.29, 0.717) is 6.61 Å². The molecule has 0 aromatic carbocycles. The Morgan fingerprint density at radius 2 is 1.71 bits per heavy atom. The lowest BCUT2D eigenvalue weighted by Crippen LogP contribution is -2.22. The summed E-state index contributed by atoms with van der Waals surface area (Å²) in [4.78, 5) is 11.3. The first-order valence-corrected chi connectivity index (χ1v) is 5.90. The monoisotopic (exact) mass is 200 g/mol. The minimum atomic E-state index is 0.0180. The summed E-state index contributed by atoms with van der Waals surface area (Å²) in [7, 11) is 0. The lowest BCUT2D eigenvalue weighted by Gasteiger charge is -2.24. The summed E-state index contributed by atoms with van der Waals surface area (Å²) < 4.78 is 4.98. The maximum absolute atomic E-state index is 11.3. The Balaban J connectivity index is 0.000000791. The largest absolute Gasteiger partial charge is 0.466 e. The highest BCUT2D eigenvalue weighted by atomic mass is 16.5. The number of carbonyl (C=O) groups is 1. The van der Waals surface area contributed by atoms with Crippen LogP contribution < -0.4 is 0 Å². The van der Waals surface area contributed by atoms with Crippen LogP contribution in [0.15, 0.2) is 0 Å². The van der Waals surface area contributed by atoms with E-state index in [0.717, 1.165) is 18.8 Å². The molecule has 0 unspecified atom stereocenters. The molecule has 0 atom stereocenters. The van der Waals surface area contributed by atoms with Gasteiger partial charge in [0.2, 0.25) is 0 Å². The third-order valence-electron chi connectivity index (χ3n) is 2.64. The van der Waals surface area contributed by atoms with Gasteiger partial charge in [-0.05, 0) is 38.5 Å². The molecule has 1 aliphatic rings. The van der Waals surface area contributed by atoms with Crippen LogP contribution in [-0.4, -0.2) is 12.6 Å².